The Kier molecular flexibility index (Phi) is 5.39. The zero-order valence-corrected chi connectivity index (χ0v) is 10.7. The summed E-state index contributed by atoms with van der Waals surface area (Å²) in [7, 11) is 0. The van der Waals surface area contributed by atoms with E-state index in [2.05, 4.69) is 0 Å². The van der Waals surface area contributed by atoms with Crippen molar-refractivity contribution in [1.29, 1.82) is 0 Å². The van der Waals surface area contributed by atoms with Crippen LogP contribution < -0.4 is 5.11 Å². The van der Waals surface area contributed by atoms with Crippen LogP contribution in [0.25, 0.3) is 0 Å². The van der Waals surface area contributed by atoms with Crippen LogP contribution in [0.2, 0.25) is 5.02 Å². The van der Waals surface area contributed by atoms with Crippen LogP contribution in [0.4, 0.5) is 0 Å². The Morgan fingerprint density at radius 2 is 2.14 bits per heavy atom. The van der Waals surface area contributed by atoms with Crippen LogP contribution in [0.3, 0.4) is 0 Å². The van der Waals surface area contributed by atoms with Crippen molar-refractivity contribution in [3.05, 3.63) is 28.3 Å². The van der Waals surface area contributed by atoms with E-state index in [-0.39, 0.29) is 31.8 Å². The average Bonchev–Trinajstić information content (AvgIpc) is 2.04. The van der Waals surface area contributed by atoms with Gasteiger partial charge in [-0.1, -0.05) is 24.3 Å². The van der Waals surface area contributed by atoms with Crippen LogP contribution in [0.5, 0.6) is 5.75 Å². The molecule has 14 heavy (non-hydrogen) atoms. The van der Waals surface area contributed by atoms with Gasteiger partial charge in [-0.05, 0) is 24.1 Å². The van der Waals surface area contributed by atoms with Gasteiger partial charge in [0.25, 0.3) is 0 Å². The Morgan fingerprint density at radius 3 is 2.57 bits per heavy atom. The van der Waals surface area contributed by atoms with E-state index in [0.29, 0.717) is 17.0 Å². The van der Waals surface area contributed by atoms with E-state index in [9.17, 15) is 9.90 Å². The van der Waals surface area contributed by atoms with E-state index in [1.165, 1.54) is 12.1 Å². The van der Waals surface area contributed by atoms with Gasteiger partial charge in [0, 0.05) is 31.2 Å². The normalized spacial score (nSPS) is 9.29. The van der Waals surface area contributed by atoms with E-state index in [1.54, 1.807) is 6.92 Å². The molecular weight excluding hydrogens is 283 g/mol. The fraction of sp³-hybridized carbons (Fsp3) is 0.222. The number of benzene rings is 1. The SMILES string of the molecule is CCc1c(Cl)ccc(C(=O)O)c1[O-].[Zr]. The van der Waals surface area contributed by atoms with Gasteiger partial charge < -0.3 is 10.2 Å². The number of aromatic carboxylic acids is 1. The van der Waals surface area contributed by atoms with E-state index in [0.717, 1.165) is 0 Å². The predicted octanol–water partition coefficient (Wildman–Crippen LogP) is 1.67. The molecule has 0 bridgehead atoms. The molecule has 0 unspecified atom stereocenters. The zero-order chi connectivity index (χ0) is 10.0. The molecule has 0 fully saturated rings. The minimum atomic E-state index is -1.21. The van der Waals surface area contributed by atoms with Crippen molar-refractivity contribution in [1.82, 2.24) is 0 Å². The first-order valence-electron chi connectivity index (χ1n) is 3.79. The Hall–Kier alpha value is -0.337. The van der Waals surface area contributed by atoms with Gasteiger partial charge in [0.2, 0.25) is 0 Å². The van der Waals surface area contributed by atoms with E-state index < -0.39 is 11.7 Å². The van der Waals surface area contributed by atoms with Gasteiger partial charge in [0.05, 0.1) is 5.56 Å². The molecule has 1 N–H and O–H groups in total. The molecule has 0 atom stereocenters. The summed E-state index contributed by atoms with van der Waals surface area (Å²) in [5, 5.41) is 20.4. The molecule has 0 spiro atoms. The number of carboxylic acid groups (broad SMARTS) is 1. The molecule has 0 radical (unpaired) electrons. The van der Waals surface area contributed by atoms with Gasteiger partial charge >= 0.3 is 5.97 Å². The van der Waals surface area contributed by atoms with Crippen molar-refractivity contribution >= 4 is 17.6 Å². The van der Waals surface area contributed by atoms with Crippen LogP contribution in [-0.2, 0) is 32.6 Å². The number of halogens is 1. The summed E-state index contributed by atoms with van der Waals surface area (Å²) in [5.41, 5.74) is 0.141. The monoisotopic (exact) mass is 289 g/mol. The standard InChI is InChI=1S/C9H9ClO3.Zr/c1-2-5-7(10)4-3-6(8(5)11)9(12)13;/h3-4,11H,2H2,1H3,(H,12,13);/p-1. The third kappa shape index (κ3) is 2.58. The van der Waals surface area contributed by atoms with Gasteiger partial charge in [0.1, 0.15) is 0 Å². The van der Waals surface area contributed by atoms with Gasteiger partial charge in [0.15, 0.2) is 0 Å². The quantitative estimate of drug-likeness (QED) is 0.901. The molecule has 1 aromatic carbocycles. The van der Waals surface area contributed by atoms with Crippen molar-refractivity contribution in [2.45, 2.75) is 13.3 Å². The molecule has 0 saturated carbocycles. The summed E-state index contributed by atoms with van der Waals surface area (Å²) in [6.07, 6.45) is 0.443. The predicted molar refractivity (Wildman–Crippen MR) is 47.2 cm³/mol. The average molecular weight is 291 g/mol. The Bertz CT molecular complexity index is 352. The van der Waals surface area contributed by atoms with Gasteiger partial charge in [-0.2, -0.15) is 0 Å². The zero-order valence-electron chi connectivity index (χ0n) is 7.50. The fourth-order valence-electron chi connectivity index (χ4n) is 1.10. The molecule has 1 rings (SSSR count). The second-order valence-electron chi connectivity index (χ2n) is 2.56. The fourth-order valence-corrected chi connectivity index (χ4v) is 1.38. The van der Waals surface area contributed by atoms with Gasteiger partial charge in [-0.3, -0.25) is 0 Å². The molecule has 3 nitrogen and oxygen atoms in total. The van der Waals surface area contributed by atoms with Crippen LogP contribution in [0.1, 0.15) is 22.8 Å². The Balaban J connectivity index is 0.00000169. The van der Waals surface area contributed by atoms with Crippen LogP contribution in [-0.4, -0.2) is 11.1 Å². The second-order valence-corrected chi connectivity index (χ2v) is 2.97. The number of hydrogen-bond donors (Lipinski definition) is 1. The number of rotatable bonds is 2. The first-order chi connectivity index (χ1) is 6.07. The topological polar surface area (TPSA) is 60.4 Å². The van der Waals surface area contributed by atoms with E-state index in [1.807, 2.05) is 0 Å². The Labute approximate surface area is 106 Å². The minimum absolute atomic E-state index is 0. The smallest absolute Gasteiger partial charge is 0.335 e. The molecule has 0 aliphatic heterocycles. The minimum Gasteiger partial charge on any atom is -0.872 e. The molecule has 0 saturated heterocycles. The molecule has 5 heteroatoms. The third-order valence-corrected chi connectivity index (χ3v) is 2.14. The van der Waals surface area contributed by atoms with E-state index >= 15 is 0 Å². The van der Waals surface area contributed by atoms with Crippen molar-refractivity contribution < 1.29 is 41.2 Å². The molecule has 0 aromatic heterocycles. The van der Waals surface area contributed by atoms with Crippen LogP contribution in [0.15, 0.2) is 12.1 Å². The number of carbonyl (C=O) groups is 1. The number of hydrogen-bond acceptors (Lipinski definition) is 2. The van der Waals surface area contributed by atoms with Crippen molar-refractivity contribution in [3.63, 3.8) is 0 Å². The summed E-state index contributed by atoms with van der Waals surface area (Å²) in [6, 6.07) is 2.66. The summed E-state index contributed by atoms with van der Waals surface area (Å²) < 4.78 is 0. The van der Waals surface area contributed by atoms with Crippen LogP contribution >= 0.6 is 11.6 Å². The van der Waals surface area contributed by atoms with Crippen molar-refractivity contribution in [2.24, 2.45) is 0 Å². The first-order valence-corrected chi connectivity index (χ1v) is 4.17. The summed E-state index contributed by atoms with van der Waals surface area (Å²) in [6.45, 7) is 1.76. The van der Waals surface area contributed by atoms with Crippen molar-refractivity contribution in [2.75, 3.05) is 0 Å². The summed E-state index contributed by atoms with van der Waals surface area (Å²) >= 11 is 5.71. The maximum absolute atomic E-state index is 11.4. The van der Waals surface area contributed by atoms with Gasteiger partial charge in [-0.25, -0.2) is 4.79 Å². The Morgan fingerprint density at radius 1 is 1.57 bits per heavy atom. The maximum Gasteiger partial charge on any atom is 0.335 e. The molecule has 0 aliphatic rings. The van der Waals surface area contributed by atoms with Crippen molar-refractivity contribution in [3.8, 4) is 5.75 Å². The number of carboxylic acids is 1. The largest absolute Gasteiger partial charge is 0.872 e. The molecule has 1 aromatic rings. The van der Waals surface area contributed by atoms with E-state index in [4.69, 9.17) is 16.7 Å². The summed E-state index contributed by atoms with van der Waals surface area (Å²) in [5.74, 6) is -1.70. The first kappa shape index (κ1) is 13.7. The third-order valence-electron chi connectivity index (χ3n) is 1.79. The van der Waals surface area contributed by atoms with Gasteiger partial charge in [-0.15, -0.1) is 0 Å². The molecule has 74 valence electrons. The molecule has 0 amide bonds. The summed E-state index contributed by atoms with van der Waals surface area (Å²) in [4.78, 5) is 10.6. The molecular formula is C9H8ClO3Zr-. The molecule has 0 aliphatic carbocycles. The van der Waals surface area contributed by atoms with Crippen LogP contribution in [0, 0.1) is 0 Å². The maximum atomic E-state index is 11.4. The second kappa shape index (κ2) is 5.52. The molecule has 0 heterocycles.